The van der Waals surface area contributed by atoms with Crippen molar-refractivity contribution in [3.63, 3.8) is 0 Å². The van der Waals surface area contributed by atoms with E-state index in [0.29, 0.717) is 6.61 Å². The van der Waals surface area contributed by atoms with Crippen LogP contribution in [0.5, 0.6) is 5.75 Å². The summed E-state index contributed by atoms with van der Waals surface area (Å²) in [5.41, 5.74) is 2.14. The SMILES string of the molecule is CC(=S)Nc1ccc(OCc2ccccc2)cc1. The third-order valence-corrected chi connectivity index (χ3v) is 2.53. The van der Waals surface area contributed by atoms with Gasteiger partial charge >= 0.3 is 0 Å². The van der Waals surface area contributed by atoms with Gasteiger partial charge in [-0.1, -0.05) is 42.5 Å². The maximum Gasteiger partial charge on any atom is 0.119 e. The highest BCUT2D eigenvalue weighted by Gasteiger charge is 1.97. The van der Waals surface area contributed by atoms with Crippen molar-refractivity contribution in [3.8, 4) is 5.75 Å². The number of rotatable bonds is 4. The predicted octanol–water partition coefficient (Wildman–Crippen LogP) is 4.02. The van der Waals surface area contributed by atoms with Gasteiger partial charge in [-0.3, -0.25) is 0 Å². The number of nitrogens with one attached hydrogen (secondary N) is 1. The maximum absolute atomic E-state index is 5.69. The topological polar surface area (TPSA) is 21.3 Å². The molecule has 2 aromatic carbocycles. The fourth-order valence-corrected chi connectivity index (χ4v) is 1.70. The molecule has 0 saturated carbocycles. The van der Waals surface area contributed by atoms with Gasteiger partial charge in [0.1, 0.15) is 12.4 Å². The van der Waals surface area contributed by atoms with Crippen molar-refractivity contribution in [1.82, 2.24) is 0 Å². The smallest absolute Gasteiger partial charge is 0.119 e. The molecule has 0 spiro atoms. The summed E-state index contributed by atoms with van der Waals surface area (Å²) in [5.74, 6) is 0.853. The lowest BCUT2D eigenvalue weighted by Gasteiger charge is -2.08. The molecule has 0 fully saturated rings. The zero-order valence-electron chi connectivity index (χ0n) is 10.2. The summed E-state index contributed by atoms with van der Waals surface area (Å²) in [6.07, 6.45) is 0. The van der Waals surface area contributed by atoms with E-state index in [-0.39, 0.29) is 0 Å². The monoisotopic (exact) mass is 257 g/mol. The highest BCUT2D eigenvalue weighted by molar-refractivity contribution is 7.80. The molecule has 0 unspecified atom stereocenters. The molecule has 0 aliphatic rings. The second-order valence-corrected chi connectivity index (χ2v) is 4.59. The molecular weight excluding hydrogens is 242 g/mol. The first kappa shape index (κ1) is 12.6. The van der Waals surface area contributed by atoms with Crippen LogP contribution in [-0.4, -0.2) is 4.99 Å². The highest BCUT2D eigenvalue weighted by atomic mass is 32.1. The Morgan fingerprint density at radius 1 is 1.06 bits per heavy atom. The van der Waals surface area contributed by atoms with E-state index < -0.39 is 0 Å². The molecule has 3 heteroatoms. The van der Waals surface area contributed by atoms with Gasteiger partial charge in [-0.2, -0.15) is 0 Å². The summed E-state index contributed by atoms with van der Waals surface area (Å²) in [4.78, 5) is 0.757. The molecule has 2 aromatic rings. The molecule has 2 rings (SSSR count). The molecule has 0 radical (unpaired) electrons. The van der Waals surface area contributed by atoms with Gasteiger partial charge < -0.3 is 10.1 Å². The fourth-order valence-electron chi connectivity index (χ4n) is 1.58. The Kier molecular flexibility index (Phi) is 4.31. The van der Waals surface area contributed by atoms with Crippen LogP contribution < -0.4 is 10.1 Å². The number of ether oxygens (including phenoxy) is 1. The largest absolute Gasteiger partial charge is 0.489 e. The average molecular weight is 257 g/mol. The van der Waals surface area contributed by atoms with Gasteiger partial charge in [-0.25, -0.2) is 0 Å². The van der Waals surface area contributed by atoms with Crippen LogP contribution in [-0.2, 0) is 6.61 Å². The molecule has 18 heavy (non-hydrogen) atoms. The number of anilines is 1. The molecule has 0 bridgehead atoms. The van der Waals surface area contributed by atoms with Crippen LogP contribution >= 0.6 is 12.2 Å². The second kappa shape index (κ2) is 6.17. The summed E-state index contributed by atoms with van der Waals surface area (Å²) in [7, 11) is 0. The molecule has 0 saturated heterocycles. The second-order valence-electron chi connectivity index (χ2n) is 3.98. The van der Waals surface area contributed by atoms with Crippen molar-refractivity contribution in [1.29, 1.82) is 0 Å². The van der Waals surface area contributed by atoms with Crippen LogP contribution in [0.15, 0.2) is 54.6 Å². The van der Waals surface area contributed by atoms with E-state index in [1.807, 2.05) is 61.5 Å². The lowest BCUT2D eigenvalue weighted by Crippen LogP contribution is -2.03. The normalized spacial score (nSPS) is 9.83. The Morgan fingerprint density at radius 2 is 1.72 bits per heavy atom. The summed E-state index contributed by atoms with van der Waals surface area (Å²) < 4.78 is 5.69. The highest BCUT2D eigenvalue weighted by Crippen LogP contribution is 2.17. The van der Waals surface area contributed by atoms with Crippen molar-refractivity contribution in [3.05, 3.63) is 60.2 Å². The fraction of sp³-hybridized carbons (Fsp3) is 0.133. The average Bonchev–Trinajstić information content (AvgIpc) is 2.38. The molecule has 0 aliphatic carbocycles. The van der Waals surface area contributed by atoms with E-state index in [9.17, 15) is 0 Å². The Morgan fingerprint density at radius 3 is 2.33 bits per heavy atom. The van der Waals surface area contributed by atoms with E-state index in [1.165, 1.54) is 0 Å². The first-order chi connectivity index (χ1) is 8.74. The molecule has 0 amide bonds. The Bertz CT molecular complexity index is 508. The first-order valence-corrected chi connectivity index (χ1v) is 6.19. The van der Waals surface area contributed by atoms with Crippen LogP contribution in [0.1, 0.15) is 12.5 Å². The summed E-state index contributed by atoms with van der Waals surface area (Å²) >= 11 is 4.98. The maximum atomic E-state index is 5.69. The molecule has 0 aromatic heterocycles. The minimum absolute atomic E-state index is 0.583. The molecular formula is C15H15NOS. The Balaban J connectivity index is 1.92. The quantitative estimate of drug-likeness (QED) is 0.836. The third-order valence-electron chi connectivity index (χ3n) is 2.42. The van der Waals surface area contributed by atoms with E-state index >= 15 is 0 Å². The number of hydrogen-bond donors (Lipinski definition) is 1. The van der Waals surface area contributed by atoms with Crippen LogP contribution in [0.2, 0.25) is 0 Å². The number of hydrogen-bond acceptors (Lipinski definition) is 2. The van der Waals surface area contributed by atoms with Crippen LogP contribution in [0.25, 0.3) is 0 Å². The molecule has 1 N–H and O–H groups in total. The Hall–Kier alpha value is -1.87. The lowest BCUT2D eigenvalue weighted by molar-refractivity contribution is 0.306. The van der Waals surface area contributed by atoms with Crippen LogP contribution in [0.3, 0.4) is 0 Å². The van der Waals surface area contributed by atoms with E-state index in [4.69, 9.17) is 17.0 Å². The van der Waals surface area contributed by atoms with Gasteiger partial charge in [0.2, 0.25) is 0 Å². The van der Waals surface area contributed by atoms with Gasteiger partial charge in [-0.05, 0) is 36.8 Å². The lowest BCUT2D eigenvalue weighted by atomic mass is 10.2. The van der Waals surface area contributed by atoms with E-state index in [2.05, 4.69) is 5.32 Å². The molecule has 0 atom stereocenters. The zero-order chi connectivity index (χ0) is 12.8. The number of thiocarbonyl (C=S) groups is 1. The van der Waals surface area contributed by atoms with Crippen molar-refractivity contribution in [2.45, 2.75) is 13.5 Å². The van der Waals surface area contributed by atoms with Gasteiger partial charge in [0, 0.05) is 5.69 Å². The van der Waals surface area contributed by atoms with Gasteiger partial charge in [0.15, 0.2) is 0 Å². The molecule has 2 nitrogen and oxygen atoms in total. The summed E-state index contributed by atoms with van der Waals surface area (Å²) in [6.45, 7) is 2.44. The van der Waals surface area contributed by atoms with Gasteiger partial charge in [0.25, 0.3) is 0 Å². The minimum Gasteiger partial charge on any atom is -0.489 e. The third kappa shape index (κ3) is 3.86. The van der Waals surface area contributed by atoms with Crippen molar-refractivity contribution < 1.29 is 4.74 Å². The number of benzene rings is 2. The van der Waals surface area contributed by atoms with Gasteiger partial charge in [-0.15, -0.1) is 0 Å². The van der Waals surface area contributed by atoms with Crippen LogP contribution in [0, 0.1) is 0 Å². The predicted molar refractivity (Wildman–Crippen MR) is 79.1 cm³/mol. The standard InChI is InChI=1S/C15H15NOS/c1-12(18)16-14-7-9-15(10-8-14)17-11-13-5-3-2-4-6-13/h2-10H,11H2,1H3,(H,16,18). The van der Waals surface area contributed by atoms with Crippen molar-refractivity contribution >= 4 is 22.9 Å². The zero-order valence-corrected chi connectivity index (χ0v) is 11.0. The van der Waals surface area contributed by atoms with Crippen molar-refractivity contribution in [2.75, 3.05) is 5.32 Å². The molecule has 0 aliphatic heterocycles. The van der Waals surface area contributed by atoms with E-state index in [1.54, 1.807) is 0 Å². The summed E-state index contributed by atoms with van der Waals surface area (Å²) in [5, 5.41) is 3.08. The minimum atomic E-state index is 0.583. The van der Waals surface area contributed by atoms with Gasteiger partial charge in [0.05, 0.1) is 4.99 Å². The summed E-state index contributed by atoms with van der Waals surface area (Å²) in [6, 6.07) is 17.9. The van der Waals surface area contributed by atoms with E-state index in [0.717, 1.165) is 22.0 Å². The van der Waals surface area contributed by atoms with Crippen molar-refractivity contribution in [2.24, 2.45) is 0 Å². The first-order valence-electron chi connectivity index (χ1n) is 5.78. The Labute approximate surface area is 113 Å². The van der Waals surface area contributed by atoms with Crippen LogP contribution in [0.4, 0.5) is 5.69 Å². The molecule has 0 heterocycles. The molecule has 92 valence electrons.